The first-order valence-electron chi connectivity index (χ1n) is 6.04. The molecule has 0 radical (unpaired) electrons. The summed E-state index contributed by atoms with van der Waals surface area (Å²) < 4.78 is 0. The lowest BCUT2D eigenvalue weighted by Gasteiger charge is -2.27. The van der Waals surface area contributed by atoms with Crippen LogP contribution in [0.25, 0.3) is 0 Å². The third-order valence-corrected chi connectivity index (χ3v) is 3.04. The van der Waals surface area contributed by atoms with E-state index in [9.17, 15) is 4.79 Å². The molecule has 6 heteroatoms. The summed E-state index contributed by atoms with van der Waals surface area (Å²) in [4.78, 5) is 17.7. The van der Waals surface area contributed by atoms with Crippen LogP contribution in [0.1, 0.15) is 35.7 Å². The number of nitrogens with zero attached hydrogens (tertiary/aromatic N) is 3. The first kappa shape index (κ1) is 12.0. The highest BCUT2D eigenvalue weighted by molar-refractivity contribution is 5.90. The van der Waals surface area contributed by atoms with E-state index in [0.29, 0.717) is 18.4 Å². The van der Waals surface area contributed by atoms with Crippen molar-refractivity contribution >= 4 is 5.91 Å². The van der Waals surface area contributed by atoms with Gasteiger partial charge in [-0.05, 0) is 26.3 Å². The quantitative estimate of drug-likeness (QED) is 0.794. The summed E-state index contributed by atoms with van der Waals surface area (Å²) in [6, 6.07) is 0.401. The number of amides is 1. The van der Waals surface area contributed by atoms with Gasteiger partial charge in [0, 0.05) is 19.6 Å². The first-order chi connectivity index (χ1) is 8.16. The molecule has 1 aromatic heterocycles. The van der Waals surface area contributed by atoms with Crippen molar-refractivity contribution in [2.45, 2.75) is 32.2 Å². The van der Waals surface area contributed by atoms with Crippen molar-refractivity contribution in [1.29, 1.82) is 0 Å². The predicted molar refractivity (Wildman–Crippen MR) is 63.7 cm³/mol. The van der Waals surface area contributed by atoms with Gasteiger partial charge in [-0.3, -0.25) is 9.89 Å². The summed E-state index contributed by atoms with van der Waals surface area (Å²) in [6.07, 6.45) is 3.60. The van der Waals surface area contributed by atoms with Crippen LogP contribution in [0.15, 0.2) is 0 Å². The third kappa shape index (κ3) is 3.03. The Balaban J connectivity index is 1.90. The Hall–Kier alpha value is -1.43. The Bertz CT molecular complexity index is 383. The van der Waals surface area contributed by atoms with Crippen molar-refractivity contribution < 1.29 is 4.79 Å². The normalized spacial score (nSPS) is 20.2. The Kier molecular flexibility index (Phi) is 3.73. The van der Waals surface area contributed by atoms with Crippen LogP contribution in [-0.4, -0.2) is 52.2 Å². The van der Waals surface area contributed by atoms with Crippen LogP contribution in [0, 0.1) is 6.92 Å². The lowest BCUT2D eigenvalue weighted by molar-refractivity contribution is 0.0763. The summed E-state index contributed by atoms with van der Waals surface area (Å²) in [6.45, 7) is 3.55. The van der Waals surface area contributed by atoms with Gasteiger partial charge in [-0.2, -0.15) is 0 Å². The average molecular weight is 237 g/mol. The molecule has 1 amide bonds. The van der Waals surface area contributed by atoms with Crippen LogP contribution in [-0.2, 0) is 0 Å². The molecule has 1 saturated heterocycles. The number of hydrogen-bond acceptors (Lipinski definition) is 4. The average Bonchev–Trinajstić information content (AvgIpc) is 2.76. The minimum Gasteiger partial charge on any atom is -0.337 e. The highest BCUT2D eigenvalue weighted by atomic mass is 16.2. The molecule has 0 spiro atoms. The number of aryl methyl sites for hydroxylation is 1. The van der Waals surface area contributed by atoms with Gasteiger partial charge in [0.05, 0.1) is 0 Å². The number of aromatic amines is 1. The smallest absolute Gasteiger partial charge is 0.293 e. The molecule has 1 aromatic rings. The van der Waals surface area contributed by atoms with Crippen LogP contribution >= 0.6 is 0 Å². The molecule has 1 unspecified atom stereocenters. The van der Waals surface area contributed by atoms with E-state index < -0.39 is 0 Å². The largest absolute Gasteiger partial charge is 0.337 e. The lowest BCUT2D eigenvalue weighted by Crippen LogP contribution is -2.44. The van der Waals surface area contributed by atoms with Gasteiger partial charge in [0.2, 0.25) is 5.82 Å². The number of rotatable bonds is 3. The molecule has 0 bridgehead atoms. The molecule has 1 aliphatic rings. The summed E-state index contributed by atoms with van der Waals surface area (Å²) in [5.74, 6) is 0.792. The monoisotopic (exact) mass is 237 g/mol. The Morgan fingerprint density at radius 2 is 2.35 bits per heavy atom. The second kappa shape index (κ2) is 5.27. The Morgan fingerprint density at radius 1 is 1.53 bits per heavy atom. The second-order valence-corrected chi connectivity index (χ2v) is 4.58. The van der Waals surface area contributed by atoms with Crippen LogP contribution in [0.3, 0.4) is 0 Å². The Morgan fingerprint density at radius 3 is 2.94 bits per heavy atom. The highest BCUT2D eigenvalue weighted by Crippen LogP contribution is 2.08. The van der Waals surface area contributed by atoms with Crippen molar-refractivity contribution in [1.82, 2.24) is 25.4 Å². The minimum absolute atomic E-state index is 0.123. The number of piperidine rings is 1. The van der Waals surface area contributed by atoms with Gasteiger partial charge in [-0.1, -0.05) is 6.42 Å². The highest BCUT2D eigenvalue weighted by Gasteiger charge is 2.20. The van der Waals surface area contributed by atoms with Crippen molar-refractivity contribution in [3.05, 3.63) is 11.6 Å². The zero-order valence-corrected chi connectivity index (χ0v) is 10.4. The van der Waals surface area contributed by atoms with Gasteiger partial charge in [-0.25, -0.2) is 4.98 Å². The standard InChI is InChI=1S/C11H19N5O/c1-8-13-10(15-14-8)11(17)16(2)7-9-5-3-4-6-12-9/h9,12H,3-7H2,1-2H3,(H,13,14,15). The fraction of sp³-hybridized carbons (Fsp3) is 0.727. The van der Waals surface area contributed by atoms with Crippen molar-refractivity contribution in [3.8, 4) is 0 Å². The number of hydrogen-bond donors (Lipinski definition) is 2. The van der Waals surface area contributed by atoms with Crippen molar-refractivity contribution in [2.75, 3.05) is 20.1 Å². The SMILES string of the molecule is Cc1nc(C(=O)N(C)CC2CCCCN2)n[nH]1. The molecule has 17 heavy (non-hydrogen) atoms. The molecule has 2 heterocycles. The molecule has 1 fully saturated rings. The van der Waals surface area contributed by atoms with Crippen LogP contribution in [0.2, 0.25) is 0 Å². The molecule has 2 rings (SSSR count). The number of H-pyrrole nitrogens is 1. The molecule has 0 saturated carbocycles. The van der Waals surface area contributed by atoms with Gasteiger partial charge < -0.3 is 10.2 Å². The number of carbonyl (C=O) groups excluding carboxylic acids is 1. The van der Waals surface area contributed by atoms with E-state index in [-0.39, 0.29) is 11.7 Å². The second-order valence-electron chi connectivity index (χ2n) is 4.58. The molecule has 2 N–H and O–H groups in total. The third-order valence-electron chi connectivity index (χ3n) is 3.04. The molecule has 0 aromatic carbocycles. The van der Waals surface area contributed by atoms with Gasteiger partial charge in [0.1, 0.15) is 5.82 Å². The van der Waals surface area contributed by atoms with Gasteiger partial charge in [-0.15, -0.1) is 5.10 Å². The van der Waals surface area contributed by atoms with E-state index in [1.165, 1.54) is 12.8 Å². The van der Waals surface area contributed by atoms with Crippen LogP contribution in [0.4, 0.5) is 0 Å². The molecule has 1 atom stereocenters. The molecular formula is C11H19N5O. The molecule has 6 nitrogen and oxygen atoms in total. The maximum absolute atomic E-state index is 12.0. The maximum atomic E-state index is 12.0. The molecule has 1 aliphatic heterocycles. The minimum atomic E-state index is -0.123. The van der Waals surface area contributed by atoms with E-state index in [4.69, 9.17) is 0 Å². The van der Waals surface area contributed by atoms with Crippen molar-refractivity contribution in [3.63, 3.8) is 0 Å². The van der Waals surface area contributed by atoms with E-state index in [1.54, 1.807) is 18.9 Å². The van der Waals surface area contributed by atoms with E-state index in [0.717, 1.165) is 13.0 Å². The van der Waals surface area contributed by atoms with Gasteiger partial charge in [0.25, 0.3) is 5.91 Å². The number of nitrogens with one attached hydrogen (secondary N) is 2. The zero-order chi connectivity index (χ0) is 12.3. The fourth-order valence-corrected chi connectivity index (χ4v) is 2.10. The zero-order valence-electron chi connectivity index (χ0n) is 10.4. The van der Waals surface area contributed by atoms with Crippen molar-refractivity contribution in [2.24, 2.45) is 0 Å². The maximum Gasteiger partial charge on any atom is 0.293 e. The topological polar surface area (TPSA) is 73.9 Å². The van der Waals surface area contributed by atoms with Gasteiger partial charge in [0.15, 0.2) is 0 Å². The molecular weight excluding hydrogens is 218 g/mol. The number of likely N-dealkylation sites (N-methyl/N-ethyl adjacent to an activating group) is 1. The Labute approximate surface area is 101 Å². The number of carbonyl (C=O) groups is 1. The fourth-order valence-electron chi connectivity index (χ4n) is 2.10. The lowest BCUT2D eigenvalue weighted by atomic mass is 10.0. The van der Waals surface area contributed by atoms with E-state index in [2.05, 4.69) is 20.5 Å². The van der Waals surface area contributed by atoms with E-state index >= 15 is 0 Å². The molecule has 94 valence electrons. The molecule has 0 aliphatic carbocycles. The van der Waals surface area contributed by atoms with E-state index in [1.807, 2.05) is 0 Å². The number of aromatic nitrogens is 3. The summed E-state index contributed by atoms with van der Waals surface area (Å²) >= 11 is 0. The summed E-state index contributed by atoms with van der Waals surface area (Å²) in [7, 11) is 1.80. The van der Waals surface area contributed by atoms with Crippen LogP contribution < -0.4 is 5.32 Å². The first-order valence-corrected chi connectivity index (χ1v) is 6.04. The summed E-state index contributed by atoms with van der Waals surface area (Å²) in [5, 5.41) is 9.98. The summed E-state index contributed by atoms with van der Waals surface area (Å²) in [5.41, 5.74) is 0. The van der Waals surface area contributed by atoms with Gasteiger partial charge >= 0.3 is 0 Å². The predicted octanol–water partition coefficient (Wildman–Crippen LogP) is 0.327. The van der Waals surface area contributed by atoms with Crippen LogP contribution in [0.5, 0.6) is 0 Å².